The fraction of sp³-hybridized carbons (Fsp3) is 0.917. The summed E-state index contributed by atoms with van der Waals surface area (Å²) >= 11 is 0. The van der Waals surface area contributed by atoms with E-state index in [0.29, 0.717) is 25.4 Å². The van der Waals surface area contributed by atoms with Crippen LogP contribution in [0.25, 0.3) is 0 Å². The van der Waals surface area contributed by atoms with Crippen LogP contribution >= 0.6 is 7.14 Å². The van der Waals surface area contributed by atoms with Gasteiger partial charge in [0.05, 0.1) is 18.8 Å². The summed E-state index contributed by atoms with van der Waals surface area (Å²) in [5.74, 6) is -0.317. The molecule has 0 bridgehead atoms. The molecule has 0 aromatic rings. The van der Waals surface area contributed by atoms with E-state index in [9.17, 15) is 9.36 Å². The molecular formula is C12H23O4P. The summed E-state index contributed by atoms with van der Waals surface area (Å²) in [5.41, 5.74) is -0.479. The Balaban J connectivity index is 2.77. The van der Waals surface area contributed by atoms with Crippen LogP contribution in [-0.4, -0.2) is 42.8 Å². The van der Waals surface area contributed by atoms with Gasteiger partial charge < -0.3 is 14.0 Å². The Hall–Kier alpha value is -0.340. The van der Waals surface area contributed by atoms with Crippen molar-refractivity contribution < 1.29 is 18.8 Å². The van der Waals surface area contributed by atoms with Crippen LogP contribution in [0.4, 0.5) is 0 Å². The maximum Gasteiger partial charge on any atom is 0.316 e. The molecule has 1 fully saturated rings. The molecule has 5 heteroatoms. The van der Waals surface area contributed by atoms with E-state index >= 15 is 0 Å². The maximum atomic E-state index is 12.7. The first kappa shape index (κ1) is 14.7. The number of hydrogen-bond donors (Lipinski definition) is 0. The number of ether oxygens (including phenoxy) is 2. The van der Waals surface area contributed by atoms with Crippen LogP contribution in [0.2, 0.25) is 0 Å². The number of rotatable bonds is 7. The first-order valence-corrected chi connectivity index (χ1v) is 8.53. The zero-order valence-electron chi connectivity index (χ0n) is 11.1. The molecule has 100 valence electrons. The van der Waals surface area contributed by atoms with Gasteiger partial charge in [-0.15, -0.1) is 0 Å². The zero-order chi connectivity index (χ0) is 13.1. The van der Waals surface area contributed by atoms with Gasteiger partial charge in [0.15, 0.2) is 0 Å². The van der Waals surface area contributed by atoms with Crippen molar-refractivity contribution in [2.45, 2.75) is 52.0 Å². The minimum Gasteiger partial charge on any atom is -0.465 e. The lowest BCUT2D eigenvalue weighted by Gasteiger charge is -2.23. The Morgan fingerprint density at radius 3 is 2.24 bits per heavy atom. The first-order chi connectivity index (χ1) is 7.98. The summed E-state index contributed by atoms with van der Waals surface area (Å²) in [7, 11) is -2.47. The summed E-state index contributed by atoms with van der Waals surface area (Å²) in [5, 5.41) is 0. The third-order valence-electron chi connectivity index (χ3n) is 3.49. The van der Waals surface area contributed by atoms with Crippen LogP contribution in [0.3, 0.4) is 0 Å². The molecule has 0 aliphatic carbocycles. The Morgan fingerprint density at radius 1 is 1.35 bits per heavy atom. The van der Waals surface area contributed by atoms with Gasteiger partial charge in [-0.05, 0) is 32.6 Å². The summed E-state index contributed by atoms with van der Waals surface area (Å²) < 4.78 is 23.1. The van der Waals surface area contributed by atoms with E-state index in [4.69, 9.17) is 9.47 Å². The highest BCUT2D eigenvalue weighted by atomic mass is 31.2. The number of epoxide rings is 1. The van der Waals surface area contributed by atoms with E-state index in [2.05, 4.69) is 0 Å². The summed E-state index contributed by atoms with van der Waals surface area (Å²) in [6.45, 7) is 7.84. The lowest BCUT2D eigenvalue weighted by Crippen LogP contribution is -2.27. The monoisotopic (exact) mass is 262 g/mol. The molecule has 0 amide bonds. The van der Waals surface area contributed by atoms with Crippen molar-refractivity contribution in [1.29, 1.82) is 0 Å². The van der Waals surface area contributed by atoms with E-state index < -0.39 is 12.8 Å². The number of esters is 1. The maximum absolute atomic E-state index is 12.7. The highest BCUT2D eigenvalue weighted by Gasteiger charge is 2.44. The molecule has 4 nitrogen and oxygen atoms in total. The van der Waals surface area contributed by atoms with Gasteiger partial charge in [0.1, 0.15) is 12.8 Å². The third kappa shape index (κ3) is 3.56. The molecule has 3 unspecified atom stereocenters. The highest BCUT2D eigenvalue weighted by molar-refractivity contribution is 7.65. The molecule has 0 radical (unpaired) electrons. The highest BCUT2D eigenvalue weighted by Crippen LogP contribution is 2.53. The normalized spacial score (nSPS) is 25.4. The predicted molar refractivity (Wildman–Crippen MR) is 68.1 cm³/mol. The average molecular weight is 262 g/mol. The van der Waals surface area contributed by atoms with Gasteiger partial charge in [-0.25, -0.2) is 0 Å². The van der Waals surface area contributed by atoms with Crippen molar-refractivity contribution >= 4 is 13.1 Å². The molecule has 1 rings (SSSR count). The molecule has 0 saturated carbocycles. The fourth-order valence-corrected chi connectivity index (χ4v) is 4.46. The topological polar surface area (TPSA) is 55.9 Å². The second kappa shape index (κ2) is 6.01. The molecule has 0 aromatic carbocycles. The summed E-state index contributed by atoms with van der Waals surface area (Å²) in [6, 6.07) is 0. The van der Waals surface area contributed by atoms with E-state index in [1.807, 2.05) is 20.8 Å². The number of carbonyl (C=O) groups is 1. The van der Waals surface area contributed by atoms with Crippen LogP contribution in [0.5, 0.6) is 0 Å². The molecule has 1 aliphatic heterocycles. The van der Waals surface area contributed by atoms with E-state index in [-0.39, 0.29) is 18.2 Å². The fourth-order valence-electron chi connectivity index (χ4n) is 2.08. The zero-order valence-corrected chi connectivity index (χ0v) is 12.0. The molecule has 0 spiro atoms. The average Bonchev–Trinajstić information content (AvgIpc) is 3.01. The lowest BCUT2D eigenvalue weighted by molar-refractivity contribution is -0.142. The second-order valence-corrected chi connectivity index (χ2v) is 8.26. The Bertz CT molecular complexity index is 308. The van der Waals surface area contributed by atoms with Crippen molar-refractivity contribution in [3.05, 3.63) is 0 Å². The molecule has 1 heterocycles. The van der Waals surface area contributed by atoms with Gasteiger partial charge in [-0.3, -0.25) is 4.79 Å². The van der Waals surface area contributed by atoms with Crippen LogP contribution in [0.15, 0.2) is 0 Å². The van der Waals surface area contributed by atoms with Crippen molar-refractivity contribution in [3.8, 4) is 0 Å². The largest absolute Gasteiger partial charge is 0.465 e. The van der Waals surface area contributed by atoms with E-state index in [1.165, 1.54) is 0 Å². The van der Waals surface area contributed by atoms with E-state index in [0.717, 1.165) is 0 Å². The van der Waals surface area contributed by atoms with Crippen LogP contribution in [0.1, 0.15) is 34.1 Å². The smallest absolute Gasteiger partial charge is 0.316 e. The molecular weight excluding hydrogens is 239 g/mol. The molecule has 0 N–H and O–H groups in total. The standard InChI is InChI=1S/C12H23O4P/c1-5-15-12(13)11(8-10-9(4)16-10)17(14,6-2)7-3/h9-11H,5-8H2,1-4H3. The van der Waals surface area contributed by atoms with Gasteiger partial charge in [-0.2, -0.15) is 0 Å². The predicted octanol–water partition coefficient (Wildman–Crippen LogP) is 2.50. The van der Waals surface area contributed by atoms with E-state index in [1.54, 1.807) is 6.92 Å². The van der Waals surface area contributed by atoms with Crippen molar-refractivity contribution in [2.24, 2.45) is 0 Å². The van der Waals surface area contributed by atoms with Crippen LogP contribution in [0, 0.1) is 0 Å². The van der Waals surface area contributed by atoms with Crippen LogP contribution < -0.4 is 0 Å². The quantitative estimate of drug-likeness (QED) is 0.402. The van der Waals surface area contributed by atoms with Crippen molar-refractivity contribution in [3.63, 3.8) is 0 Å². The van der Waals surface area contributed by atoms with Gasteiger partial charge in [0, 0.05) is 0 Å². The molecule has 17 heavy (non-hydrogen) atoms. The minimum atomic E-state index is -2.47. The van der Waals surface area contributed by atoms with Gasteiger partial charge >= 0.3 is 5.97 Å². The molecule has 1 saturated heterocycles. The Labute approximate surface area is 103 Å². The Kier molecular flexibility index (Phi) is 5.21. The molecule has 3 atom stereocenters. The van der Waals surface area contributed by atoms with Crippen molar-refractivity contribution in [1.82, 2.24) is 0 Å². The third-order valence-corrected chi connectivity index (χ3v) is 7.19. The summed E-state index contributed by atoms with van der Waals surface area (Å²) in [6.07, 6.45) is 1.91. The van der Waals surface area contributed by atoms with Gasteiger partial charge in [0.2, 0.25) is 0 Å². The number of hydrogen-bond acceptors (Lipinski definition) is 4. The Morgan fingerprint density at radius 2 is 1.88 bits per heavy atom. The SMILES string of the molecule is CCOC(=O)C(CC1OC1C)P(=O)(CC)CC. The molecule has 0 aromatic heterocycles. The second-order valence-electron chi connectivity index (χ2n) is 4.47. The summed E-state index contributed by atoms with van der Waals surface area (Å²) in [4.78, 5) is 11.9. The van der Waals surface area contributed by atoms with Gasteiger partial charge in [0.25, 0.3) is 0 Å². The number of carbonyl (C=O) groups excluding carboxylic acids is 1. The molecule has 1 aliphatic rings. The lowest BCUT2D eigenvalue weighted by atomic mass is 10.2. The van der Waals surface area contributed by atoms with Crippen molar-refractivity contribution in [2.75, 3.05) is 18.9 Å². The first-order valence-electron chi connectivity index (χ1n) is 6.38. The minimum absolute atomic E-state index is 0.0795. The van der Waals surface area contributed by atoms with Crippen LogP contribution in [-0.2, 0) is 18.8 Å². The van der Waals surface area contributed by atoms with Gasteiger partial charge in [-0.1, -0.05) is 13.8 Å².